The molecule has 0 aliphatic carbocycles. The smallest absolute Gasteiger partial charge is 0.419 e. The molecule has 0 N–H and O–H groups in total. The van der Waals surface area contributed by atoms with Crippen molar-refractivity contribution in [2.75, 3.05) is 11.4 Å². The molecule has 1 aliphatic rings. The lowest BCUT2D eigenvalue weighted by Gasteiger charge is -2.29. The standard InChI is InChI=1S/C21H13ClF4N2O2/c22-18-5-2-6-19(27-18)28-10-9-13-14(20(28)29)3-1-4-17(13)30-12-7-8-15(16(23)11-12)21(24,25)26/h1-8,11H,9-10H2. The van der Waals surface area contributed by atoms with Crippen LogP contribution in [-0.4, -0.2) is 17.4 Å². The number of pyridine rings is 1. The highest BCUT2D eigenvalue weighted by Crippen LogP contribution is 2.36. The van der Waals surface area contributed by atoms with Crippen molar-refractivity contribution in [3.05, 3.63) is 82.3 Å². The fourth-order valence-corrected chi connectivity index (χ4v) is 3.43. The highest BCUT2D eigenvalue weighted by Gasteiger charge is 2.34. The number of hydrogen-bond acceptors (Lipinski definition) is 3. The summed E-state index contributed by atoms with van der Waals surface area (Å²) in [5.41, 5.74) is -0.418. The number of aromatic nitrogens is 1. The summed E-state index contributed by atoms with van der Waals surface area (Å²) in [6, 6.07) is 12.1. The molecule has 3 aromatic rings. The Morgan fingerprint density at radius 3 is 2.53 bits per heavy atom. The second kappa shape index (κ2) is 7.60. The Hall–Kier alpha value is -3.13. The molecule has 1 aliphatic heterocycles. The summed E-state index contributed by atoms with van der Waals surface area (Å²) in [5, 5.41) is 0.257. The SMILES string of the molecule is O=C1c2cccc(Oc3ccc(C(F)(F)F)c(F)c3)c2CCN1c1cccc(Cl)n1. The Labute approximate surface area is 173 Å². The van der Waals surface area contributed by atoms with Crippen LogP contribution in [0.4, 0.5) is 23.4 Å². The van der Waals surface area contributed by atoms with Gasteiger partial charge in [0, 0.05) is 23.7 Å². The Kier molecular flexibility index (Phi) is 5.11. The molecule has 4 nitrogen and oxygen atoms in total. The van der Waals surface area contributed by atoms with E-state index in [0.29, 0.717) is 42.0 Å². The number of alkyl halides is 3. The molecule has 1 amide bonds. The van der Waals surface area contributed by atoms with Crippen LogP contribution >= 0.6 is 11.6 Å². The number of halogens is 5. The van der Waals surface area contributed by atoms with Crippen LogP contribution in [0.1, 0.15) is 21.5 Å². The highest BCUT2D eigenvalue weighted by molar-refractivity contribution is 6.29. The normalized spacial score (nSPS) is 13.9. The summed E-state index contributed by atoms with van der Waals surface area (Å²) in [4.78, 5) is 18.6. The molecule has 0 saturated carbocycles. The van der Waals surface area contributed by atoms with E-state index in [-0.39, 0.29) is 22.6 Å². The van der Waals surface area contributed by atoms with Crippen molar-refractivity contribution in [1.29, 1.82) is 0 Å². The van der Waals surface area contributed by atoms with Gasteiger partial charge in [-0.1, -0.05) is 23.7 Å². The van der Waals surface area contributed by atoms with Gasteiger partial charge in [-0.05, 0) is 42.8 Å². The van der Waals surface area contributed by atoms with Gasteiger partial charge in [0.15, 0.2) is 0 Å². The monoisotopic (exact) mass is 436 g/mol. The van der Waals surface area contributed by atoms with Gasteiger partial charge in [-0.3, -0.25) is 9.69 Å². The molecule has 1 aromatic heterocycles. The van der Waals surface area contributed by atoms with Crippen molar-refractivity contribution < 1.29 is 27.1 Å². The maximum atomic E-state index is 13.8. The van der Waals surface area contributed by atoms with Crippen LogP contribution in [0, 0.1) is 5.82 Å². The number of nitrogens with zero attached hydrogens (tertiary/aromatic N) is 2. The van der Waals surface area contributed by atoms with E-state index in [0.717, 1.165) is 6.07 Å². The molecule has 0 spiro atoms. The summed E-state index contributed by atoms with van der Waals surface area (Å²) in [6.07, 6.45) is -4.38. The molecule has 0 atom stereocenters. The third-order valence-corrected chi connectivity index (χ3v) is 4.86. The number of carbonyl (C=O) groups excluding carboxylic acids is 1. The van der Waals surface area contributed by atoms with Crippen molar-refractivity contribution in [1.82, 2.24) is 4.98 Å². The Balaban J connectivity index is 1.63. The average molecular weight is 437 g/mol. The van der Waals surface area contributed by atoms with Gasteiger partial charge in [-0.2, -0.15) is 13.2 Å². The number of ether oxygens (including phenoxy) is 1. The van der Waals surface area contributed by atoms with Crippen molar-refractivity contribution in [3.8, 4) is 11.5 Å². The van der Waals surface area contributed by atoms with E-state index in [4.69, 9.17) is 16.3 Å². The molecular formula is C21H13ClF4N2O2. The maximum absolute atomic E-state index is 13.8. The number of benzene rings is 2. The van der Waals surface area contributed by atoms with E-state index in [1.807, 2.05) is 0 Å². The number of rotatable bonds is 3. The van der Waals surface area contributed by atoms with Crippen LogP contribution in [0.3, 0.4) is 0 Å². The second-order valence-corrected chi connectivity index (χ2v) is 6.94. The lowest BCUT2D eigenvalue weighted by atomic mass is 9.98. The third kappa shape index (κ3) is 3.82. The first-order valence-corrected chi connectivity index (χ1v) is 9.23. The lowest BCUT2D eigenvalue weighted by molar-refractivity contribution is -0.140. The van der Waals surface area contributed by atoms with Gasteiger partial charge in [-0.25, -0.2) is 9.37 Å². The number of carbonyl (C=O) groups is 1. The quantitative estimate of drug-likeness (QED) is 0.380. The Bertz CT molecular complexity index is 1130. The zero-order valence-corrected chi connectivity index (χ0v) is 16.0. The molecule has 4 rings (SSSR count). The van der Waals surface area contributed by atoms with Crippen LogP contribution in [0.25, 0.3) is 0 Å². The number of amides is 1. The van der Waals surface area contributed by atoms with Crippen molar-refractivity contribution in [2.45, 2.75) is 12.6 Å². The van der Waals surface area contributed by atoms with Gasteiger partial charge in [0.2, 0.25) is 0 Å². The molecule has 2 aromatic carbocycles. The van der Waals surface area contributed by atoms with E-state index < -0.39 is 17.6 Å². The van der Waals surface area contributed by atoms with Crippen LogP contribution in [0.15, 0.2) is 54.6 Å². The molecule has 2 heterocycles. The summed E-state index contributed by atoms with van der Waals surface area (Å²) in [7, 11) is 0. The minimum atomic E-state index is -4.79. The molecule has 154 valence electrons. The van der Waals surface area contributed by atoms with Gasteiger partial charge < -0.3 is 4.74 Å². The van der Waals surface area contributed by atoms with Crippen molar-refractivity contribution >= 4 is 23.3 Å². The summed E-state index contributed by atoms with van der Waals surface area (Å²) in [5.74, 6) is -1.15. The van der Waals surface area contributed by atoms with Crippen molar-refractivity contribution in [2.24, 2.45) is 0 Å². The summed E-state index contributed by atoms with van der Waals surface area (Å²) in [6.45, 7) is 0.306. The van der Waals surface area contributed by atoms with Crippen molar-refractivity contribution in [3.63, 3.8) is 0 Å². The summed E-state index contributed by atoms with van der Waals surface area (Å²) >= 11 is 5.91. The largest absolute Gasteiger partial charge is 0.457 e. The van der Waals surface area contributed by atoms with Gasteiger partial charge in [0.05, 0.1) is 5.56 Å². The molecular weight excluding hydrogens is 424 g/mol. The number of hydrogen-bond donors (Lipinski definition) is 0. The summed E-state index contributed by atoms with van der Waals surface area (Å²) < 4.78 is 57.7. The van der Waals surface area contributed by atoms with Crippen LogP contribution in [-0.2, 0) is 12.6 Å². The topological polar surface area (TPSA) is 42.4 Å². The lowest BCUT2D eigenvalue weighted by Crippen LogP contribution is -2.38. The Morgan fingerprint density at radius 2 is 1.83 bits per heavy atom. The van der Waals surface area contributed by atoms with E-state index in [2.05, 4.69) is 4.98 Å². The zero-order chi connectivity index (χ0) is 21.5. The van der Waals surface area contributed by atoms with Crippen LogP contribution in [0.5, 0.6) is 11.5 Å². The predicted molar refractivity (Wildman–Crippen MR) is 103 cm³/mol. The van der Waals surface area contributed by atoms with Gasteiger partial charge >= 0.3 is 6.18 Å². The average Bonchev–Trinajstić information content (AvgIpc) is 2.68. The number of fused-ring (bicyclic) bond motifs is 1. The zero-order valence-electron chi connectivity index (χ0n) is 15.2. The number of anilines is 1. The first-order valence-electron chi connectivity index (χ1n) is 8.85. The molecule has 30 heavy (non-hydrogen) atoms. The van der Waals surface area contributed by atoms with Crippen LogP contribution < -0.4 is 9.64 Å². The van der Waals surface area contributed by atoms with Gasteiger partial charge in [0.25, 0.3) is 5.91 Å². The van der Waals surface area contributed by atoms with E-state index in [1.165, 1.54) is 4.90 Å². The molecule has 0 saturated heterocycles. The molecule has 0 fully saturated rings. The predicted octanol–water partition coefficient (Wildman–Crippen LogP) is 5.89. The van der Waals surface area contributed by atoms with Crippen LogP contribution in [0.2, 0.25) is 5.15 Å². The maximum Gasteiger partial charge on any atom is 0.419 e. The Morgan fingerprint density at radius 1 is 1.07 bits per heavy atom. The van der Waals surface area contributed by atoms with E-state index >= 15 is 0 Å². The minimum Gasteiger partial charge on any atom is -0.457 e. The fraction of sp³-hybridized carbons (Fsp3) is 0.143. The van der Waals surface area contributed by atoms with E-state index in [9.17, 15) is 22.4 Å². The first kappa shape index (κ1) is 20.2. The van der Waals surface area contributed by atoms with Gasteiger partial charge in [-0.15, -0.1) is 0 Å². The molecule has 9 heteroatoms. The molecule has 0 radical (unpaired) electrons. The molecule has 0 unspecified atom stereocenters. The highest BCUT2D eigenvalue weighted by atomic mass is 35.5. The van der Waals surface area contributed by atoms with E-state index in [1.54, 1.807) is 36.4 Å². The minimum absolute atomic E-state index is 0.0970. The molecule has 0 bridgehead atoms. The second-order valence-electron chi connectivity index (χ2n) is 6.55. The first-order chi connectivity index (χ1) is 14.2. The fourth-order valence-electron chi connectivity index (χ4n) is 3.27. The third-order valence-electron chi connectivity index (χ3n) is 4.64. The van der Waals surface area contributed by atoms with Gasteiger partial charge in [0.1, 0.15) is 28.3 Å².